The number of para-hydroxylation sites is 1. The molecule has 0 unspecified atom stereocenters. The van der Waals surface area contributed by atoms with Crippen molar-refractivity contribution in [1.82, 2.24) is 9.97 Å². The zero-order valence-corrected chi connectivity index (χ0v) is 11.4. The maximum Gasteiger partial charge on any atom is 0.144 e. The summed E-state index contributed by atoms with van der Waals surface area (Å²) in [6, 6.07) is 15.6. The van der Waals surface area contributed by atoms with E-state index in [1.165, 1.54) is 0 Å². The van der Waals surface area contributed by atoms with Gasteiger partial charge in [0, 0.05) is 11.6 Å². The molecule has 0 spiro atoms. The third-order valence-electron chi connectivity index (χ3n) is 3.04. The Bertz CT molecular complexity index is 746. The summed E-state index contributed by atoms with van der Waals surface area (Å²) < 4.78 is 4.97. The van der Waals surface area contributed by atoms with Gasteiger partial charge in [-0.1, -0.05) is 18.2 Å². The van der Waals surface area contributed by atoms with Gasteiger partial charge in [0.15, 0.2) is 0 Å². The Morgan fingerprint density at radius 3 is 2.86 bits per heavy atom. The number of anilines is 2. The van der Waals surface area contributed by atoms with Gasteiger partial charge < -0.3 is 15.2 Å². The molecule has 106 valence electrons. The summed E-state index contributed by atoms with van der Waals surface area (Å²) in [6.07, 6.45) is 1.69. The topological polar surface area (TPSA) is 67.3 Å². The third-order valence-corrected chi connectivity index (χ3v) is 3.04. The summed E-state index contributed by atoms with van der Waals surface area (Å²) in [5.41, 5.74) is 1.87. The highest BCUT2D eigenvalue weighted by Crippen LogP contribution is 2.18. The summed E-state index contributed by atoms with van der Waals surface area (Å²) >= 11 is 0. The quantitative estimate of drug-likeness (QED) is 0.704. The van der Waals surface area contributed by atoms with E-state index in [1.807, 2.05) is 48.5 Å². The van der Waals surface area contributed by atoms with Crippen LogP contribution in [0.4, 0.5) is 11.6 Å². The van der Waals surface area contributed by atoms with Crippen molar-refractivity contribution in [1.29, 1.82) is 0 Å². The maximum absolute atomic E-state index is 8.67. The second-order valence-electron chi connectivity index (χ2n) is 4.54. The van der Waals surface area contributed by atoms with Crippen LogP contribution in [-0.4, -0.2) is 21.9 Å². The SMILES string of the molecule is OCOCc1ccnc(Nc2ccc3ccccc3n2)c1. The molecule has 0 amide bonds. The molecule has 0 aliphatic heterocycles. The van der Waals surface area contributed by atoms with Gasteiger partial charge in [-0.3, -0.25) is 0 Å². The number of nitrogens with zero attached hydrogens (tertiary/aromatic N) is 2. The average molecular weight is 281 g/mol. The molecule has 3 aromatic rings. The molecule has 2 heterocycles. The number of aliphatic hydroxyl groups excluding tert-OH is 1. The molecule has 0 saturated heterocycles. The summed E-state index contributed by atoms with van der Waals surface area (Å²) in [6.45, 7) is 0.0517. The largest absolute Gasteiger partial charge is 0.371 e. The molecule has 3 rings (SSSR count). The van der Waals surface area contributed by atoms with E-state index in [0.717, 1.165) is 22.3 Å². The van der Waals surface area contributed by atoms with Crippen molar-refractivity contribution in [3.63, 3.8) is 0 Å². The van der Waals surface area contributed by atoms with E-state index in [-0.39, 0.29) is 6.79 Å². The van der Waals surface area contributed by atoms with Crippen molar-refractivity contribution >= 4 is 22.5 Å². The van der Waals surface area contributed by atoms with E-state index >= 15 is 0 Å². The van der Waals surface area contributed by atoms with E-state index in [4.69, 9.17) is 9.84 Å². The summed E-state index contributed by atoms with van der Waals surface area (Å²) in [4.78, 5) is 8.79. The number of benzene rings is 1. The van der Waals surface area contributed by atoms with Gasteiger partial charge in [-0.2, -0.15) is 0 Å². The highest BCUT2D eigenvalue weighted by molar-refractivity contribution is 5.80. The van der Waals surface area contributed by atoms with Crippen LogP contribution in [0.1, 0.15) is 5.56 Å². The Hall–Kier alpha value is -2.50. The molecule has 0 fully saturated rings. The van der Waals surface area contributed by atoms with Gasteiger partial charge in [0.05, 0.1) is 12.1 Å². The number of rotatable bonds is 5. The van der Waals surface area contributed by atoms with Gasteiger partial charge in [0.2, 0.25) is 0 Å². The lowest BCUT2D eigenvalue weighted by atomic mass is 10.2. The van der Waals surface area contributed by atoms with Crippen molar-refractivity contribution < 1.29 is 9.84 Å². The highest BCUT2D eigenvalue weighted by atomic mass is 16.6. The molecular formula is C16H15N3O2. The van der Waals surface area contributed by atoms with Crippen LogP contribution in [0, 0.1) is 0 Å². The first-order chi connectivity index (χ1) is 10.3. The third kappa shape index (κ3) is 3.34. The first-order valence-corrected chi connectivity index (χ1v) is 6.61. The van der Waals surface area contributed by atoms with E-state index in [0.29, 0.717) is 12.4 Å². The fraction of sp³-hybridized carbons (Fsp3) is 0.125. The molecule has 0 saturated carbocycles. The minimum Gasteiger partial charge on any atom is -0.371 e. The smallest absolute Gasteiger partial charge is 0.144 e. The van der Waals surface area contributed by atoms with Gasteiger partial charge in [-0.05, 0) is 35.9 Å². The summed E-state index contributed by atoms with van der Waals surface area (Å²) in [7, 11) is 0. The van der Waals surface area contributed by atoms with Crippen LogP contribution in [0.3, 0.4) is 0 Å². The molecule has 2 aromatic heterocycles. The first kappa shape index (κ1) is 13.5. The Morgan fingerprint density at radius 2 is 1.95 bits per heavy atom. The number of pyridine rings is 2. The zero-order valence-electron chi connectivity index (χ0n) is 11.4. The number of ether oxygens (including phenoxy) is 1. The van der Waals surface area contributed by atoms with Crippen molar-refractivity contribution in [3.05, 3.63) is 60.3 Å². The van der Waals surface area contributed by atoms with Crippen molar-refractivity contribution in [3.8, 4) is 0 Å². The standard InChI is InChI=1S/C16H15N3O2/c20-11-21-10-12-7-8-17-16(9-12)19-15-6-5-13-3-1-2-4-14(13)18-15/h1-9,20H,10-11H2,(H,17,18,19). The van der Waals surface area contributed by atoms with E-state index in [2.05, 4.69) is 15.3 Å². The first-order valence-electron chi connectivity index (χ1n) is 6.61. The van der Waals surface area contributed by atoms with Gasteiger partial charge >= 0.3 is 0 Å². The molecule has 2 N–H and O–H groups in total. The second-order valence-corrected chi connectivity index (χ2v) is 4.54. The normalized spacial score (nSPS) is 10.7. The Morgan fingerprint density at radius 1 is 1.05 bits per heavy atom. The van der Waals surface area contributed by atoms with E-state index < -0.39 is 0 Å². The Kier molecular flexibility index (Phi) is 4.04. The van der Waals surface area contributed by atoms with Gasteiger partial charge in [0.1, 0.15) is 18.4 Å². The van der Waals surface area contributed by atoms with Crippen LogP contribution < -0.4 is 5.32 Å². The fourth-order valence-corrected chi connectivity index (χ4v) is 2.06. The lowest BCUT2D eigenvalue weighted by Crippen LogP contribution is -1.99. The number of hydrogen-bond acceptors (Lipinski definition) is 5. The number of aliphatic hydroxyl groups is 1. The Labute approximate surface area is 122 Å². The molecule has 1 aromatic carbocycles. The van der Waals surface area contributed by atoms with Crippen LogP contribution >= 0.6 is 0 Å². The van der Waals surface area contributed by atoms with E-state index in [9.17, 15) is 0 Å². The molecule has 21 heavy (non-hydrogen) atoms. The van der Waals surface area contributed by atoms with Crippen LogP contribution in [0.5, 0.6) is 0 Å². The maximum atomic E-state index is 8.67. The molecule has 5 heteroatoms. The molecule has 0 bridgehead atoms. The molecule has 5 nitrogen and oxygen atoms in total. The molecule has 0 aliphatic carbocycles. The predicted molar refractivity (Wildman–Crippen MR) is 81.1 cm³/mol. The average Bonchev–Trinajstić information content (AvgIpc) is 2.53. The molecule has 0 atom stereocenters. The monoisotopic (exact) mass is 281 g/mol. The second kappa shape index (κ2) is 6.30. The number of aromatic nitrogens is 2. The van der Waals surface area contributed by atoms with Gasteiger partial charge in [-0.15, -0.1) is 0 Å². The number of hydrogen-bond donors (Lipinski definition) is 2. The zero-order chi connectivity index (χ0) is 14.5. The minimum absolute atomic E-state index is 0.294. The van der Waals surface area contributed by atoms with Crippen LogP contribution in [-0.2, 0) is 11.3 Å². The van der Waals surface area contributed by atoms with Gasteiger partial charge in [-0.25, -0.2) is 9.97 Å². The van der Waals surface area contributed by atoms with Crippen molar-refractivity contribution in [2.45, 2.75) is 6.61 Å². The molecule has 0 radical (unpaired) electrons. The summed E-state index contributed by atoms with van der Waals surface area (Å²) in [5.74, 6) is 1.43. The number of fused-ring (bicyclic) bond motifs is 1. The molecular weight excluding hydrogens is 266 g/mol. The molecule has 0 aliphatic rings. The summed E-state index contributed by atoms with van der Waals surface area (Å²) in [5, 5.41) is 12.9. The van der Waals surface area contributed by atoms with Crippen molar-refractivity contribution in [2.24, 2.45) is 0 Å². The van der Waals surface area contributed by atoms with Gasteiger partial charge in [0.25, 0.3) is 0 Å². The van der Waals surface area contributed by atoms with Crippen LogP contribution in [0.25, 0.3) is 10.9 Å². The van der Waals surface area contributed by atoms with Crippen LogP contribution in [0.2, 0.25) is 0 Å². The van der Waals surface area contributed by atoms with E-state index in [1.54, 1.807) is 6.20 Å². The van der Waals surface area contributed by atoms with Crippen molar-refractivity contribution in [2.75, 3.05) is 12.1 Å². The fourth-order valence-electron chi connectivity index (χ4n) is 2.06. The lowest BCUT2D eigenvalue weighted by molar-refractivity contribution is -0.0112. The van der Waals surface area contributed by atoms with Crippen LogP contribution in [0.15, 0.2) is 54.7 Å². The Balaban J connectivity index is 1.81. The number of nitrogens with one attached hydrogen (secondary N) is 1. The highest BCUT2D eigenvalue weighted by Gasteiger charge is 2.01. The minimum atomic E-state index is -0.294. The lowest BCUT2D eigenvalue weighted by Gasteiger charge is -2.07. The predicted octanol–water partition coefficient (Wildman–Crippen LogP) is 2.84.